The van der Waals surface area contributed by atoms with Crippen molar-refractivity contribution < 1.29 is 9.13 Å². The highest BCUT2D eigenvalue weighted by Gasteiger charge is 2.24. The van der Waals surface area contributed by atoms with Crippen LogP contribution in [0.15, 0.2) is 18.2 Å². The van der Waals surface area contributed by atoms with Gasteiger partial charge in [-0.3, -0.25) is 0 Å². The summed E-state index contributed by atoms with van der Waals surface area (Å²) < 4.78 is 19.2. The minimum Gasteiger partial charge on any atom is -0.487 e. The van der Waals surface area contributed by atoms with Crippen LogP contribution in [0.1, 0.15) is 31.7 Å². The van der Waals surface area contributed by atoms with Crippen LogP contribution < -0.4 is 4.74 Å². The fourth-order valence-electron chi connectivity index (χ4n) is 2.19. The molecule has 2 atom stereocenters. The van der Waals surface area contributed by atoms with Crippen LogP contribution in [0, 0.1) is 18.7 Å². The van der Waals surface area contributed by atoms with E-state index in [1.165, 1.54) is 12.5 Å². The number of halogens is 1. The standard InChI is InChI=1S/C13H17FO/c1-9-6-7-11(8-9)15-13-10(2)4-3-5-12(13)14/h3-5,9,11H,6-8H2,1-2H3. The maximum absolute atomic E-state index is 13.5. The molecule has 0 saturated heterocycles. The van der Waals surface area contributed by atoms with Gasteiger partial charge in [0.15, 0.2) is 11.6 Å². The maximum Gasteiger partial charge on any atom is 0.165 e. The van der Waals surface area contributed by atoms with Crippen LogP contribution in [0.2, 0.25) is 0 Å². The Morgan fingerprint density at radius 1 is 1.33 bits per heavy atom. The maximum atomic E-state index is 13.5. The molecule has 1 aliphatic carbocycles. The molecule has 0 aliphatic heterocycles. The molecular formula is C13H17FO. The number of para-hydroxylation sites is 1. The zero-order valence-electron chi connectivity index (χ0n) is 9.29. The van der Waals surface area contributed by atoms with E-state index in [-0.39, 0.29) is 11.9 Å². The van der Waals surface area contributed by atoms with Crippen molar-refractivity contribution >= 4 is 0 Å². The lowest BCUT2D eigenvalue weighted by Gasteiger charge is -2.15. The lowest BCUT2D eigenvalue weighted by Crippen LogP contribution is -2.13. The van der Waals surface area contributed by atoms with Gasteiger partial charge in [0.1, 0.15) is 0 Å². The summed E-state index contributed by atoms with van der Waals surface area (Å²) in [7, 11) is 0. The first-order valence-electron chi connectivity index (χ1n) is 5.58. The molecule has 0 amide bonds. The molecule has 1 fully saturated rings. The van der Waals surface area contributed by atoms with Crippen LogP contribution >= 0.6 is 0 Å². The van der Waals surface area contributed by atoms with Crippen LogP contribution in [-0.4, -0.2) is 6.10 Å². The molecule has 2 heteroatoms. The predicted molar refractivity (Wildman–Crippen MR) is 58.6 cm³/mol. The summed E-state index contributed by atoms with van der Waals surface area (Å²) >= 11 is 0. The number of hydrogen-bond donors (Lipinski definition) is 0. The molecule has 2 rings (SSSR count). The number of aryl methyl sites for hydroxylation is 1. The third-order valence-corrected chi connectivity index (χ3v) is 3.10. The van der Waals surface area contributed by atoms with E-state index in [2.05, 4.69) is 6.92 Å². The van der Waals surface area contributed by atoms with Crippen LogP contribution in [0.25, 0.3) is 0 Å². The Labute approximate surface area is 90.3 Å². The fraction of sp³-hybridized carbons (Fsp3) is 0.538. The highest BCUT2D eigenvalue weighted by atomic mass is 19.1. The summed E-state index contributed by atoms with van der Waals surface area (Å²) in [5, 5.41) is 0. The van der Waals surface area contributed by atoms with Crippen molar-refractivity contribution in [3.63, 3.8) is 0 Å². The van der Waals surface area contributed by atoms with Gasteiger partial charge in [-0.1, -0.05) is 19.1 Å². The summed E-state index contributed by atoms with van der Waals surface area (Å²) in [6.07, 6.45) is 3.50. The van der Waals surface area contributed by atoms with E-state index < -0.39 is 0 Å². The number of ether oxygens (including phenoxy) is 1. The van der Waals surface area contributed by atoms with Gasteiger partial charge >= 0.3 is 0 Å². The lowest BCUT2D eigenvalue weighted by molar-refractivity contribution is 0.195. The molecule has 0 N–H and O–H groups in total. The molecule has 1 aliphatic rings. The van der Waals surface area contributed by atoms with Crippen LogP contribution in [0.3, 0.4) is 0 Å². The second-order valence-corrected chi connectivity index (χ2v) is 4.54. The van der Waals surface area contributed by atoms with Crippen molar-refractivity contribution in [2.45, 2.75) is 39.2 Å². The van der Waals surface area contributed by atoms with Gasteiger partial charge in [-0.25, -0.2) is 4.39 Å². The van der Waals surface area contributed by atoms with E-state index in [4.69, 9.17) is 4.74 Å². The summed E-state index contributed by atoms with van der Waals surface area (Å²) in [6.45, 7) is 4.11. The van der Waals surface area contributed by atoms with Gasteiger partial charge in [-0.05, 0) is 43.7 Å². The molecule has 1 nitrogen and oxygen atoms in total. The monoisotopic (exact) mass is 208 g/mol. The summed E-state index contributed by atoms with van der Waals surface area (Å²) in [6, 6.07) is 5.06. The number of rotatable bonds is 2. The summed E-state index contributed by atoms with van der Waals surface area (Å²) in [5.74, 6) is 0.910. The number of benzene rings is 1. The molecule has 1 aromatic rings. The topological polar surface area (TPSA) is 9.23 Å². The third kappa shape index (κ3) is 2.31. The van der Waals surface area contributed by atoms with E-state index in [0.29, 0.717) is 11.7 Å². The molecule has 1 saturated carbocycles. The molecule has 15 heavy (non-hydrogen) atoms. The van der Waals surface area contributed by atoms with E-state index in [1.54, 1.807) is 6.07 Å². The van der Waals surface area contributed by atoms with Crippen LogP contribution in [0.5, 0.6) is 5.75 Å². The Morgan fingerprint density at radius 2 is 2.13 bits per heavy atom. The number of hydrogen-bond acceptors (Lipinski definition) is 1. The van der Waals surface area contributed by atoms with E-state index in [9.17, 15) is 4.39 Å². The highest BCUT2D eigenvalue weighted by molar-refractivity contribution is 5.33. The zero-order chi connectivity index (χ0) is 10.8. The van der Waals surface area contributed by atoms with Crippen LogP contribution in [0.4, 0.5) is 4.39 Å². The minimum atomic E-state index is -0.241. The van der Waals surface area contributed by atoms with Crippen molar-refractivity contribution in [1.82, 2.24) is 0 Å². The quantitative estimate of drug-likeness (QED) is 0.720. The van der Waals surface area contributed by atoms with Gasteiger partial charge in [0, 0.05) is 0 Å². The third-order valence-electron chi connectivity index (χ3n) is 3.10. The Morgan fingerprint density at radius 3 is 2.73 bits per heavy atom. The van der Waals surface area contributed by atoms with Crippen molar-refractivity contribution in [3.05, 3.63) is 29.6 Å². The largest absolute Gasteiger partial charge is 0.487 e. The molecule has 0 spiro atoms. The first-order chi connectivity index (χ1) is 7.16. The normalized spacial score (nSPS) is 25.5. The molecule has 82 valence electrons. The van der Waals surface area contributed by atoms with Gasteiger partial charge in [0.05, 0.1) is 6.10 Å². The Kier molecular flexibility index (Phi) is 2.94. The van der Waals surface area contributed by atoms with E-state index in [1.807, 2.05) is 13.0 Å². The Balaban J connectivity index is 2.10. The van der Waals surface area contributed by atoms with Crippen molar-refractivity contribution in [2.24, 2.45) is 5.92 Å². The minimum absolute atomic E-state index is 0.204. The van der Waals surface area contributed by atoms with Crippen molar-refractivity contribution in [1.29, 1.82) is 0 Å². The molecule has 2 unspecified atom stereocenters. The smallest absolute Gasteiger partial charge is 0.165 e. The van der Waals surface area contributed by atoms with E-state index in [0.717, 1.165) is 18.4 Å². The lowest BCUT2D eigenvalue weighted by atomic mass is 10.1. The molecule has 0 heterocycles. The van der Waals surface area contributed by atoms with Gasteiger partial charge in [0.25, 0.3) is 0 Å². The van der Waals surface area contributed by atoms with Crippen molar-refractivity contribution in [3.8, 4) is 5.75 Å². The Hall–Kier alpha value is -1.05. The molecular weight excluding hydrogens is 191 g/mol. The zero-order valence-corrected chi connectivity index (χ0v) is 9.29. The van der Waals surface area contributed by atoms with Crippen molar-refractivity contribution in [2.75, 3.05) is 0 Å². The van der Waals surface area contributed by atoms with Gasteiger partial charge < -0.3 is 4.74 Å². The average molecular weight is 208 g/mol. The second kappa shape index (κ2) is 4.21. The molecule has 0 bridgehead atoms. The first kappa shape index (κ1) is 10.5. The average Bonchev–Trinajstić information content (AvgIpc) is 2.58. The summed E-state index contributed by atoms with van der Waals surface area (Å²) in [5.41, 5.74) is 0.884. The first-order valence-corrected chi connectivity index (χ1v) is 5.58. The second-order valence-electron chi connectivity index (χ2n) is 4.54. The predicted octanol–water partition coefficient (Wildman–Crippen LogP) is 3.70. The van der Waals surface area contributed by atoms with E-state index >= 15 is 0 Å². The molecule has 1 aromatic carbocycles. The molecule has 0 radical (unpaired) electrons. The Bertz CT molecular complexity index is 328. The SMILES string of the molecule is Cc1cccc(F)c1OC1CCC(C)C1. The van der Waals surface area contributed by atoms with Gasteiger partial charge in [-0.15, -0.1) is 0 Å². The summed E-state index contributed by atoms with van der Waals surface area (Å²) in [4.78, 5) is 0. The van der Waals surface area contributed by atoms with Gasteiger partial charge in [-0.2, -0.15) is 0 Å². The van der Waals surface area contributed by atoms with Gasteiger partial charge in [0.2, 0.25) is 0 Å². The highest BCUT2D eigenvalue weighted by Crippen LogP contribution is 2.31. The fourth-order valence-corrected chi connectivity index (χ4v) is 2.19. The molecule has 0 aromatic heterocycles. The van der Waals surface area contributed by atoms with Crippen LogP contribution in [-0.2, 0) is 0 Å².